The largest absolute Gasteiger partial charge is 0.342 e. The van der Waals surface area contributed by atoms with Crippen molar-refractivity contribution in [3.63, 3.8) is 0 Å². The number of aromatic nitrogens is 1. The fourth-order valence-corrected chi connectivity index (χ4v) is 2.91. The minimum Gasteiger partial charge on any atom is -0.342 e. The van der Waals surface area contributed by atoms with Crippen LogP contribution in [-0.4, -0.2) is 4.57 Å². The van der Waals surface area contributed by atoms with Gasteiger partial charge >= 0.3 is 0 Å². The Morgan fingerprint density at radius 3 is 2.30 bits per heavy atom. The molecule has 0 atom stereocenters. The lowest BCUT2D eigenvalue weighted by atomic mass is 10.0. The zero-order valence-electron chi connectivity index (χ0n) is 13.4. The predicted octanol–water partition coefficient (Wildman–Crippen LogP) is 2.59. The molecular weight excluding hydrogens is 246 g/mol. The molecule has 0 N–H and O–H groups in total. The smallest absolute Gasteiger partial charge is 0.192 e. The molecular formula is C18H25NO. The molecule has 0 saturated carbocycles. The normalized spacial score (nSPS) is 14.5. The van der Waals surface area contributed by atoms with Crippen molar-refractivity contribution in [1.29, 1.82) is 0 Å². The van der Waals surface area contributed by atoms with Crippen LogP contribution in [0.1, 0.15) is 51.4 Å². The highest BCUT2D eigenvalue weighted by Gasteiger charge is 2.12. The number of fused-ring (bicyclic) bond motifs is 1. The monoisotopic (exact) mass is 271 g/mol. The molecule has 2 nitrogen and oxygen atoms in total. The van der Waals surface area contributed by atoms with E-state index in [1.807, 2.05) is 19.9 Å². The van der Waals surface area contributed by atoms with Gasteiger partial charge in [-0.2, -0.15) is 0 Å². The third-order valence-electron chi connectivity index (χ3n) is 4.28. The van der Waals surface area contributed by atoms with Crippen molar-refractivity contribution in [1.82, 2.24) is 4.57 Å². The van der Waals surface area contributed by atoms with Gasteiger partial charge in [-0.15, -0.1) is 0 Å². The van der Waals surface area contributed by atoms with Gasteiger partial charge in [0.15, 0.2) is 5.43 Å². The second-order valence-electron chi connectivity index (χ2n) is 6.27. The lowest BCUT2D eigenvalue weighted by molar-refractivity contribution is 0.557. The van der Waals surface area contributed by atoms with E-state index < -0.39 is 0 Å². The van der Waals surface area contributed by atoms with Crippen molar-refractivity contribution in [2.45, 2.75) is 54.0 Å². The van der Waals surface area contributed by atoms with Crippen LogP contribution in [0.2, 0.25) is 0 Å². The van der Waals surface area contributed by atoms with E-state index in [-0.39, 0.29) is 5.43 Å². The Kier molecular flexibility index (Phi) is 4.03. The van der Waals surface area contributed by atoms with Crippen molar-refractivity contribution < 1.29 is 0 Å². The van der Waals surface area contributed by atoms with Crippen LogP contribution in [0.15, 0.2) is 16.4 Å². The zero-order chi connectivity index (χ0) is 15.0. The molecule has 2 rings (SSSR count). The van der Waals surface area contributed by atoms with Gasteiger partial charge in [0.25, 0.3) is 0 Å². The second kappa shape index (κ2) is 5.43. The van der Waals surface area contributed by atoms with Crippen molar-refractivity contribution in [3.05, 3.63) is 43.7 Å². The highest BCUT2D eigenvalue weighted by atomic mass is 16.1. The Morgan fingerprint density at radius 2 is 1.75 bits per heavy atom. The van der Waals surface area contributed by atoms with Gasteiger partial charge < -0.3 is 4.57 Å². The van der Waals surface area contributed by atoms with E-state index in [1.165, 1.54) is 5.57 Å². The summed E-state index contributed by atoms with van der Waals surface area (Å²) in [6, 6.07) is 0.355. The van der Waals surface area contributed by atoms with Crippen LogP contribution >= 0.6 is 0 Å². The van der Waals surface area contributed by atoms with Crippen LogP contribution in [0.5, 0.6) is 0 Å². The Bertz CT molecular complexity index is 730. The quantitative estimate of drug-likeness (QED) is 0.810. The molecule has 0 aliphatic heterocycles. The summed E-state index contributed by atoms with van der Waals surface area (Å²) in [4.78, 5) is 12.5. The predicted molar refractivity (Wildman–Crippen MR) is 86.3 cm³/mol. The number of hydrogen-bond donors (Lipinski definition) is 0. The molecule has 1 aromatic heterocycles. The lowest BCUT2D eigenvalue weighted by Gasteiger charge is -2.18. The summed E-state index contributed by atoms with van der Waals surface area (Å²) in [5.74, 6) is 0.515. The van der Waals surface area contributed by atoms with Crippen molar-refractivity contribution in [3.8, 4) is 0 Å². The molecule has 0 aromatic carbocycles. The first-order valence-electron chi connectivity index (χ1n) is 7.47. The third kappa shape index (κ3) is 2.39. The minimum absolute atomic E-state index is 0.173. The summed E-state index contributed by atoms with van der Waals surface area (Å²) >= 11 is 0. The first-order valence-corrected chi connectivity index (χ1v) is 7.47. The average molecular weight is 271 g/mol. The van der Waals surface area contributed by atoms with Crippen LogP contribution in [0.4, 0.5) is 0 Å². The Labute approximate surface area is 121 Å². The highest BCUT2D eigenvalue weighted by molar-refractivity contribution is 5.48. The molecule has 2 heteroatoms. The van der Waals surface area contributed by atoms with Gasteiger partial charge in [-0.1, -0.05) is 31.6 Å². The van der Waals surface area contributed by atoms with E-state index in [0.717, 1.165) is 28.2 Å². The van der Waals surface area contributed by atoms with E-state index in [4.69, 9.17) is 0 Å². The maximum absolute atomic E-state index is 12.5. The van der Waals surface area contributed by atoms with Crippen LogP contribution in [0.3, 0.4) is 0 Å². The van der Waals surface area contributed by atoms with Gasteiger partial charge in [-0.25, -0.2) is 0 Å². The SMILES string of the molecule is Cc1c(C)n(C(C)C)c2c(c1=O)=CC=C(C(C)C)CC=2. The summed E-state index contributed by atoms with van der Waals surface area (Å²) in [7, 11) is 0. The Hall–Kier alpha value is -1.57. The molecule has 20 heavy (non-hydrogen) atoms. The standard InChI is InChI=1S/C18H25NO/c1-11(2)15-7-9-16-17(10-8-15)19(12(3)4)14(6)13(5)18(16)20/h7,9-12H,8H2,1-6H3. The van der Waals surface area contributed by atoms with Gasteiger partial charge in [0, 0.05) is 27.9 Å². The number of nitrogens with zero attached hydrogens (tertiary/aromatic N) is 1. The maximum Gasteiger partial charge on any atom is 0.192 e. The molecule has 0 amide bonds. The highest BCUT2D eigenvalue weighted by Crippen LogP contribution is 2.15. The van der Waals surface area contributed by atoms with Gasteiger partial charge in [-0.3, -0.25) is 4.79 Å². The molecule has 1 aliphatic carbocycles. The van der Waals surface area contributed by atoms with Crippen molar-refractivity contribution in [2.24, 2.45) is 5.92 Å². The Morgan fingerprint density at radius 1 is 1.10 bits per heavy atom. The maximum atomic E-state index is 12.5. The molecule has 0 saturated heterocycles. The molecule has 1 aromatic rings. The van der Waals surface area contributed by atoms with Crippen molar-refractivity contribution >= 4 is 12.2 Å². The first kappa shape index (κ1) is 14.8. The van der Waals surface area contributed by atoms with Gasteiger partial charge in [0.1, 0.15) is 0 Å². The summed E-state index contributed by atoms with van der Waals surface area (Å²) in [6.45, 7) is 12.7. The molecule has 1 aliphatic rings. The zero-order valence-corrected chi connectivity index (χ0v) is 13.4. The van der Waals surface area contributed by atoms with Gasteiger partial charge in [0.05, 0.1) is 0 Å². The Balaban J connectivity index is 2.89. The van der Waals surface area contributed by atoms with E-state index in [1.54, 1.807) is 0 Å². The fourth-order valence-electron chi connectivity index (χ4n) is 2.91. The van der Waals surface area contributed by atoms with Crippen molar-refractivity contribution in [2.75, 3.05) is 0 Å². The first-order chi connectivity index (χ1) is 9.34. The van der Waals surface area contributed by atoms with E-state index in [2.05, 4.69) is 44.4 Å². The minimum atomic E-state index is 0.173. The second-order valence-corrected chi connectivity index (χ2v) is 6.27. The summed E-state index contributed by atoms with van der Waals surface area (Å²) in [5.41, 5.74) is 3.50. The molecule has 0 bridgehead atoms. The van der Waals surface area contributed by atoms with Crippen LogP contribution in [0.25, 0.3) is 12.2 Å². The number of pyridine rings is 1. The average Bonchev–Trinajstić information content (AvgIpc) is 2.59. The summed E-state index contributed by atoms with van der Waals surface area (Å²) in [6.07, 6.45) is 7.30. The lowest BCUT2D eigenvalue weighted by Crippen LogP contribution is -2.48. The molecule has 1 heterocycles. The van der Waals surface area contributed by atoms with E-state index >= 15 is 0 Å². The summed E-state index contributed by atoms with van der Waals surface area (Å²) < 4.78 is 2.29. The number of rotatable bonds is 2. The van der Waals surface area contributed by atoms with Gasteiger partial charge in [0.2, 0.25) is 0 Å². The fraction of sp³-hybridized carbons (Fsp3) is 0.500. The molecule has 108 valence electrons. The van der Waals surface area contributed by atoms with E-state index in [9.17, 15) is 4.79 Å². The van der Waals surface area contributed by atoms with E-state index in [0.29, 0.717) is 12.0 Å². The molecule has 0 fully saturated rings. The number of allylic oxidation sites excluding steroid dienone is 2. The molecule has 0 unspecified atom stereocenters. The number of hydrogen-bond acceptors (Lipinski definition) is 1. The van der Waals surface area contributed by atoms with Crippen LogP contribution in [-0.2, 0) is 0 Å². The van der Waals surface area contributed by atoms with Crippen LogP contribution in [0, 0.1) is 19.8 Å². The van der Waals surface area contributed by atoms with Crippen LogP contribution < -0.4 is 16.0 Å². The summed E-state index contributed by atoms with van der Waals surface area (Å²) in [5, 5.41) is 1.93. The topological polar surface area (TPSA) is 22.0 Å². The molecule has 0 radical (unpaired) electrons. The van der Waals surface area contributed by atoms with Gasteiger partial charge in [-0.05, 0) is 46.1 Å². The molecule has 0 spiro atoms. The third-order valence-corrected chi connectivity index (χ3v) is 4.28.